The quantitative estimate of drug-likeness (QED) is 0.734. The van der Waals surface area contributed by atoms with Crippen molar-refractivity contribution in [1.82, 2.24) is 5.32 Å². The van der Waals surface area contributed by atoms with Crippen LogP contribution in [-0.2, 0) is 14.3 Å². The van der Waals surface area contributed by atoms with Gasteiger partial charge in [-0.2, -0.15) is 0 Å². The van der Waals surface area contributed by atoms with Crippen molar-refractivity contribution in [3.05, 3.63) is 24.3 Å². The molecule has 1 unspecified atom stereocenters. The van der Waals surface area contributed by atoms with Crippen LogP contribution in [-0.4, -0.2) is 50.7 Å². The number of anilines is 2. The van der Waals surface area contributed by atoms with Crippen LogP contribution in [0.3, 0.4) is 0 Å². The van der Waals surface area contributed by atoms with Crippen LogP contribution in [0.15, 0.2) is 24.3 Å². The summed E-state index contributed by atoms with van der Waals surface area (Å²) in [4.78, 5) is 28.0. The lowest BCUT2D eigenvalue weighted by molar-refractivity contribution is -0.121. The van der Waals surface area contributed by atoms with E-state index < -0.39 is 0 Å². The van der Waals surface area contributed by atoms with E-state index in [0.717, 1.165) is 43.9 Å². The summed E-state index contributed by atoms with van der Waals surface area (Å²) in [6.07, 6.45) is 2.47. The van der Waals surface area contributed by atoms with E-state index in [2.05, 4.69) is 24.1 Å². The van der Waals surface area contributed by atoms with E-state index in [1.807, 2.05) is 24.3 Å². The minimum atomic E-state index is -0.0625. The van der Waals surface area contributed by atoms with Crippen LogP contribution >= 0.6 is 0 Å². The fraction of sp³-hybridized carbons (Fsp3) is 0.600. The zero-order valence-corrected chi connectivity index (χ0v) is 16.2. The predicted octanol–water partition coefficient (Wildman–Crippen LogP) is 2.57. The topological polar surface area (TPSA) is 61.9 Å². The van der Waals surface area contributed by atoms with E-state index in [0.29, 0.717) is 13.1 Å². The Hall–Kier alpha value is -2.08. The summed E-state index contributed by atoms with van der Waals surface area (Å²) in [6, 6.07) is 7.93. The van der Waals surface area contributed by atoms with Crippen LogP contribution in [0, 0.1) is 0 Å². The van der Waals surface area contributed by atoms with Crippen molar-refractivity contribution in [2.75, 3.05) is 42.6 Å². The molecule has 1 aromatic rings. The zero-order valence-electron chi connectivity index (χ0n) is 16.2. The van der Waals surface area contributed by atoms with Crippen molar-refractivity contribution < 1.29 is 14.3 Å². The Kier molecular flexibility index (Phi) is 7.91. The summed E-state index contributed by atoms with van der Waals surface area (Å²) in [6.45, 7) is 9.36. The normalized spacial score (nSPS) is 16.3. The molecule has 1 fully saturated rings. The molecule has 0 radical (unpaired) electrons. The molecule has 0 aromatic heterocycles. The van der Waals surface area contributed by atoms with Gasteiger partial charge in [0.15, 0.2) is 0 Å². The van der Waals surface area contributed by atoms with Gasteiger partial charge in [-0.3, -0.25) is 9.59 Å². The third kappa shape index (κ3) is 5.73. The van der Waals surface area contributed by atoms with Crippen molar-refractivity contribution in [2.24, 2.45) is 0 Å². The van der Waals surface area contributed by atoms with Gasteiger partial charge < -0.3 is 19.9 Å². The second-order valence-electron chi connectivity index (χ2n) is 6.55. The number of benzene rings is 1. The highest BCUT2D eigenvalue weighted by atomic mass is 16.5. The van der Waals surface area contributed by atoms with Gasteiger partial charge in [-0.15, -0.1) is 0 Å². The Morgan fingerprint density at radius 1 is 1.15 bits per heavy atom. The monoisotopic (exact) mass is 361 g/mol. The number of nitrogens with one attached hydrogen (secondary N) is 1. The van der Waals surface area contributed by atoms with E-state index in [4.69, 9.17) is 4.74 Å². The van der Waals surface area contributed by atoms with E-state index >= 15 is 0 Å². The Bertz CT molecular complexity index is 578. The van der Waals surface area contributed by atoms with Gasteiger partial charge in [0.2, 0.25) is 11.8 Å². The molecule has 1 aromatic carbocycles. The lowest BCUT2D eigenvalue weighted by Crippen LogP contribution is -2.36. The SMILES string of the molecule is CCN(CC)c1ccc(N(CCC(=O)NCC2CCCO2)C(C)=O)cc1. The lowest BCUT2D eigenvalue weighted by Gasteiger charge is -2.24. The number of amides is 2. The van der Waals surface area contributed by atoms with Gasteiger partial charge in [0.05, 0.1) is 6.10 Å². The second kappa shape index (κ2) is 10.2. The average molecular weight is 361 g/mol. The first-order chi connectivity index (χ1) is 12.5. The first-order valence-corrected chi connectivity index (χ1v) is 9.56. The van der Waals surface area contributed by atoms with E-state index in [-0.39, 0.29) is 24.3 Å². The number of carbonyl (C=O) groups is 2. The first kappa shape index (κ1) is 20.2. The summed E-state index contributed by atoms with van der Waals surface area (Å²) in [7, 11) is 0. The smallest absolute Gasteiger partial charge is 0.223 e. The van der Waals surface area contributed by atoms with Crippen molar-refractivity contribution in [3.63, 3.8) is 0 Å². The van der Waals surface area contributed by atoms with Crippen LogP contribution in [0.25, 0.3) is 0 Å². The second-order valence-corrected chi connectivity index (χ2v) is 6.55. The minimum absolute atomic E-state index is 0.0495. The highest BCUT2D eigenvalue weighted by Gasteiger charge is 2.17. The van der Waals surface area contributed by atoms with Gasteiger partial charge in [-0.05, 0) is 51.0 Å². The summed E-state index contributed by atoms with van der Waals surface area (Å²) in [5.74, 6) is -0.112. The Morgan fingerprint density at radius 3 is 2.35 bits per heavy atom. The third-order valence-corrected chi connectivity index (χ3v) is 4.78. The van der Waals surface area contributed by atoms with Crippen LogP contribution in [0.2, 0.25) is 0 Å². The highest BCUT2D eigenvalue weighted by Crippen LogP contribution is 2.21. The third-order valence-electron chi connectivity index (χ3n) is 4.78. The molecule has 0 saturated carbocycles. The molecule has 6 nitrogen and oxygen atoms in total. The van der Waals surface area contributed by atoms with E-state index in [1.165, 1.54) is 6.92 Å². The van der Waals surface area contributed by atoms with E-state index in [9.17, 15) is 9.59 Å². The van der Waals surface area contributed by atoms with Gasteiger partial charge in [0.25, 0.3) is 0 Å². The molecule has 26 heavy (non-hydrogen) atoms. The molecule has 0 spiro atoms. The summed E-state index contributed by atoms with van der Waals surface area (Å²) in [5, 5.41) is 2.90. The zero-order chi connectivity index (χ0) is 18.9. The van der Waals surface area contributed by atoms with Crippen molar-refractivity contribution >= 4 is 23.2 Å². The molecule has 0 bridgehead atoms. The highest BCUT2D eigenvalue weighted by molar-refractivity contribution is 5.92. The lowest BCUT2D eigenvalue weighted by atomic mass is 10.2. The molecule has 1 aliphatic rings. The van der Waals surface area contributed by atoms with Gasteiger partial charge in [0.1, 0.15) is 0 Å². The maximum Gasteiger partial charge on any atom is 0.223 e. The fourth-order valence-electron chi connectivity index (χ4n) is 3.24. The van der Waals surface area contributed by atoms with Crippen molar-refractivity contribution in [2.45, 2.75) is 46.1 Å². The predicted molar refractivity (Wildman–Crippen MR) is 105 cm³/mol. The first-order valence-electron chi connectivity index (χ1n) is 9.56. The number of nitrogens with zero attached hydrogens (tertiary/aromatic N) is 2. The molecule has 144 valence electrons. The largest absolute Gasteiger partial charge is 0.376 e. The number of rotatable bonds is 9. The molecule has 1 heterocycles. The Morgan fingerprint density at radius 2 is 1.81 bits per heavy atom. The standard InChI is InChI=1S/C20H31N3O3/c1-4-22(5-2)17-8-10-18(11-9-17)23(16(3)24)13-12-20(25)21-15-19-7-6-14-26-19/h8-11,19H,4-7,12-15H2,1-3H3,(H,21,25). The van der Waals surface area contributed by atoms with Gasteiger partial charge in [-0.25, -0.2) is 0 Å². The molecular weight excluding hydrogens is 330 g/mol. The van der Waals surface area contributed by atoms with Crippen molar-refractivity contribution in [3.8, 4) is 0 Å². The van der Waals surface area contributed by atoms with Gasteiger partial charge in [-0.1, -0.05) is 0 Å². The fourth-order valence-corrected chi connectivity index (χ4v) is 3.24. The minimum Gasteiger partial charge on any atom is -0.376 e. The number of carbonyl (C=O) groups excluding carboxylic acids is 2. The van der Waals surface area contributed by atoms with Crippen LogP contribution in [0.1, 0.15) is 40.0 Å². The molecule has 6 heteroatoms. The average Bonchev–Trinajstić information content (AvgIpc) is 3.15. The molecule has 2 amide bonds. The molecule has 1 aliphatic heterocycles. The summed E-state index contributed by atoms with van der Waals surface area (Å²) >= 11 is 0. The molecule has 0 aliphatic carbocycles. The molecule has 1 saturated heterocycles. The molecule has 2 rings (SSSR count). The maximum atomic E-state index is 12.1. The summed E-state index contributed by atoms with van der Waals surface area (Å²) in [5.41, 5.74) is 1.96. The van der Waals surface area contributed by atoms with Gasteiger partial charge in [0, 0.05) is 57.5 Å². The van der Waals surface area contributed by atoms with Crippen LogP contribution in [0.5, 0.6) is 0 Å². The summed E-state index contributed by atoms with van der Waals surface area (Å²) < 4.78 is 5.50. The van der Waals surface area contributed by atoms with Crippen LogP contribution in [0.4, 0.5) is 11.4 Å². The molecular formula is C20H31N3O3. The van der Waals surface area contributed by atoms with Crippen LogP contribution < -0.4 is 15.1 Å². The molecule has 1 atom stereocenters. The maximum absolute atomic E-state index is 12.1. The van der Waals surface area contributed by atoms with Gasteiger partial charge >= 0.3 is 0 Å². The van der Waals surface area contributed by atoms with E-state index in [1.54, 1.807) is 4.90 Å². The Balaban J connectivity index is 1.89. The number of hydrogen-bond donors (Lipinski definition) is 1. The number of hydrogen-bond acceptors (Lipinski definition) is 4. The Labute approximate surface area is 156 Å². The van der Waals surface area contributed by atoms with Crippen molar-refractivity contribution in [1.29, 1.82) is 0 Å². The number of ether oxygens (including phenoxy) is 1. The molecule has 1 N–H and O–H groups in total.